The zero-order valence-electron chi connectivity index (χ0n) is 10.8. The number of nitrogens with two attached hydrogens (primary N) is 1. The van der Waals surface area contributed by atoms with Crippen molar-refractivity contribution >= 4 is 5.91 Å². The van der Waals surface area contributed by atoms with E-state index >= 15 is 0 Å². The smallest absolute Gasteiger partial charge is 0.234 e. The van der Waals surface area contributed by atoms with Crippen molar-refractivity contribution in [3.8, 4) is 0 Å². The molecular weight excluding hydrogens is 206 g/mol. The topological polar surface area (TPSA) is 67.6 Å². The number of likely N-dealkylation sites (N-methyl/N-ethyl adjacent to an activating group) is 1. The number of primary amides is 1. The second kappa shape index (κ2) is 8.50. The Morgan fingerprint density at radius 1 is 1.44 bits per heavy atom. The fourth-order valence-electron chi connectivity index (χ4n) is 1.42. The molecule has 0 fully saturated rings. The molecule has 0 aromatic heterocycles. The van der Waals surface area contributed by atoms with Crippen LogP contribution in [0.1, 0.15) is 20.3 Å². The lowest BCUT2D eigenvalue weighted by molar-refractivity contribution is -0.120. The van der Waals surface area contributed by atoms with Crippen LogP contribution in [-0.4, -0.2) is 56.7 Å². The van der Waals surface area contributed by atoms with Gasteiger partial charge in [-0.15, -0.1) is 0 Å². The van der Waals surface area contributed by atoms with Gasteiger partial charge in [-0.25, -0.2) is 0 Å². The van der Waals surface area contributed by atoms with E-state index in [1.165, 1.54) is 0 Å². The highest BCUT2D eigenvalue weighted by atomic mass is 16.5. The van der Waals surface area contributed by atoms with Gasteiger partial charge in [0.2, 0.25) is 5.91 Å². The molecule has 0 spiro atoms. The van der Waals surface area contributed by atoms with Gasteiger partial charge < -0.3 is 20.7 Å². The van der Waals surface area contributed by atoms with Crippen LogP contribution in [0.5, 0.6) is 0 Å². The Morgan fingerprint density at radius 3 is 2.50 bits per heavy atom. The Balaban J connectivity index is 3.87. The predicted octanol–water partition coefficient (Wildman–Crippen LogP) is -0.193. The van der Waals surface area contributed by atoms with E-state index in [-0.39, 0.29) is 18.0 Å². The second-order valence-corrected chi connectivity index (χ2v) is 4.36. The van der Waals surface area contributed by atoms with Gasteiger partial charge in [0, 0.05) is 19.7 Å². The predicted molar refractivity (Wildman–Crippen MR) is 65.2 cm³/mol. The third-order valence-electron chi connectivity index (χ3n) is 2.35. The highest BCUT2D eigenvalue weighted by Crippen LogP contribution is 1.96. The molecule has 96 valence electrons. The molecule has 1 amide bonds. The molecule has 16 heavy (non-hydrogen) atoms. The van der Waals surface area contributed by atoms with Gasteiger partial charge in [0.05, 0.1) is 12.6 Å². The fourth-order valence-corrected chi connectivity index (χ4v) is 1.42. The normalized spacial score (nSPS) is 13.4. The lowest BCUT2D eigenvalue weighted by Crippen LogP contribution is -2.46. The van der Waals surface area contributed by atoms with E-state index < -0.39 is 0 Å². The minimum atomic E-state index is -0.283. The molecule has 0 saturated heterocycles. The molecule has 5 nitrogen and oxygen atoms in total. The average Bonchev–Trinajstić information content (AvgIpc) is 2.20. The van der Waals surface area contributed by atoms with Crippen LogP contribution >= 0.6 is 0 Å². The van der Waals surface area contributed by atoms with Gasteiger partial charge in [0.15, 0.2) is 0 Å². The molecule has 1 atom stereocenters. The van der Waals surface area contributed by atoms with Crippen LogP contribution in [0.15, 0.2) is 0 Å². The summed E-state index contributed by atoms with van der Waals surface area (Å²) in [6.07, 6.45) is 0.730. The molecule has 0 radical (unpaired) electrons. The van der Waals surface area contributed by atoms with Crippen molar-refractivity contribution in [3.05, 3.63) is 0 Å². The maximum Gasteiger partial charge on any atom is 0.234 e. The molecule has 0 aromatic carbocycles. The number of carbonyl (C=O) groups excluding carboxylic acids is 1. The molecule has 0 bridgehead atoms. The Labute approximate surface area is 98.3 Å². The van der Waals surface area contributed by atoms with Gasteiger partial charge >= 0.3 is 0 Å². The standard InChI is InChI=1S/C11H25N3O2/c1-9(2)13-10(11(12)15)5-6-14(3)7-8-16-4/h9-10,13H,5-8H2,1-4H3,(H2,12,15). The molecule has 0 rings (SSSR count). The van der Waals surface area contributed by atoms with E-state index in [1.807, 2.05) is 20.9 Å². The Hall–Kier alpha value is -0.650. The summed E-state index contributed by atoms with van der Waals surface area (Å²) in [5.74, 6) is -0.283. The Morgan fingerprint density at radius 2 is 2.06 bits per heavy atom. The molecule has 0 aliphatic rings. The number of nitrogens with zero attached hydrogens (tertiary/aromatic N) is 1. The first kappa shape index (κ1) is 15.3. The number of rotatable bonds is 9. The Bertz CT molecular complexity index is 198. The summed E-state index contributed by atoms with van der Waals surface area (Å²) < 4.78 is 4.98. The second-order valence-electron chi connectivity index (χ2n) is 4.36. The van der Waals surface area contributed by atoms with Crippen molar-refractivity contribution in [2.45, 2.75) is 32.4 Å². The quantitative estimate of drug-likeness (QED) is 0.577. The first-order valence-electron chi connectivity index (χ1n) is 5.70. The van der Waals surface area contributed by atoms with Crippen LogP contribution in [0, 0.1) is 0 Å². The van der Waals surface area contributed by atoms with Crippen LogP contribution in [0.4, 0.5) is 0 Å². The minimum absolute atomic E-state index is 0.245. The molecule has 1 unspecified atom stereocenters. The number of carbonyl (C=O) groups is 1. The summed E-state index contributed by atoms with van der Waals surface area (Å²) in [6.45, 7) is 6.41. The van der Waals surface area contributed by atoms with Crippen LogP contribution in [0.2, 0.25) is 0 Å². The fraction of sp³-hybridized carbons (Fsp3) is 0.909. The molecule has 0 aromatic rings. The SMILES string of the molecule is COCCN(C)CCC(NC(C)C)C(N)=O. The maximum atomic E-state index is 11.2. The number of amides is 1. The number of nitrogens with one attached hydrogen (secondary N) is 1. The zero-order valence-corrected chi connectivity index (χ0v) is 10.8. The monoisotopic (exact) mass is 231 g/mol. The summed E-state index contributed by atoms with van der Waals surface area (Å²) in [6, 6.07) is 0.0202. The molecule has 0 saturated carbocycles. The lowest BCUT2D eigenvalue weighted by atomic mass is 10.1. The third-order valence-corrected chi connectivity index (χ3v) is 2.35. The third kappa shape index (κ3) is 7.62. The first-order chi connectivity index (χ1) is 7.47. The molecule has 0 heterocycles. The zero-order chi connectivity index (χ0) is 12.6. The largest absolute Gasteiger partial charge is 0.383 e. The number of methoxy groups -OCH3 is 1. The van der Waals surface area contributed by atoms with Crippen molar-refractivity contribution < 1.29 is 9.53 Å². The number of ether oxygens (including phenoxy) is 1. The van der Waals surface area contributed by atoms with Crippen LogP contribution in [-0.2, 0) is 9.53 Å². The van der Waals surface area contributed by atoms with Gasteiger partial charge in [0.25, 0.3) is 0 Å². The average molecular weight is 231 g/mol. The summed E-state index contributed by atoms with van der Waals surface area (Å²) in [7, 11) is 3.69. The maximum absolute atomic E-state index is 11.2. The Kier molecular flexibility index (Phi) is 8.15. The van der Waals surface area contributed by atoms with E-state index in [9.17, 15) is 4.79 Å². The lowest BCUT2D eigenvalue weighted by Gasteiger charge is -2.22. The van der Waals surface area contributed by atoms with Crippen molar-refractivity contribution in [2.24, 2.45) is 5.73 Å². The molecule has 0 aliphatic carbocycles. The van der Waals surface area contributed by atoms with E-state index in [0.29, 0.717) is 6.61 Å². The van der Waals surface area contributed by atoms with E-state index in [4.69, 9.17) is 10.5 Å². The number of hydrogen-bond donors (Lipinski definition) is 2. The van der Waals surface area contributed by atoms with Crippen molar-refractivity contribution in [1.29, 1.82) is 0 Å². The van der Waals surface area contributed by atoms with Crippen molar-refractivity contribution in [3.63, 3.8) is 0 Å². The summed E-state index contributed by atoms with van der Waals surface area (Å²) >= 11 is 0. The van der Waals surface area contributed by atoms with Gasteiger partial charge in [-0.05, 0) is 20.0 Å². The molecule has 5 heteroatoms. The van der Waals surface area contributed by atoms with Crippen molar-refractivity contribution in [1.82, 2.24) is 10.2 Å². The van der Waals surface area contributed by atoms with Gasteiger partial charge in [-0.3, -0.25) is 4.79 Å². The van der Waals surface area contributed by atoms with Crippen molar-refractivity contribution in [2.75, 3.05) is 33.9 Å². The first-order valence-corrected chi connectivity index (χ1v) is 5.70. The van der Waals surface area contributed by atoms with Gasteiger partial charge in [-0.1, -0.05) is 13.8 Å². The van der Waals surface area contributed by atoms with E-state index in [0.717, 1.165) is 19.5 Å². The number of hydrogen-bond acceptors (Lipinski definition) is 4. The van der Waals surface area contributed by atoms with Crippen LogP contribution in [0.25, 0.3) is 0 Å². The van der Waals surface area contributed by atoms with Gasteiger partial charge in [-0.2, -0.15) is 0 Å². The minimum Gasteiger partial charge on any atom is -0.383 e. The molecule has 3 N–H and O–H groups in total. The highest BCUT2D eigenvalue weighted by molar-refractivity contribution is 5.79. The van der Waals surface area contributed by atoms with E-state index in [2.05, 4.69) is 10.2 Å². The van der Waals surface area contributed by atoms with E-state index in [1.54, 1.807) is 7.11 Å². The summed E-state index contributed by atoms with van der Waals surface area (Å²) in [5, 5.41) is 3.16. The van der Waals surface area contributed by atoms with Gasteiger partial charge in [0.1, 0.15) is 0 Å². The summed E-state index contributed by atoms with van der Waals surface area (Å²) in [4.78, 5) is 13.3. The summed E-state index contributed by atoms with van der Waals surface area (Å²) in [5.41, 5.74) is 5.33. The van der Waals surface area contributed by atoms with Crippen LogP contribution in [0.3, 0.4) is 0 Å². The van der Waals surface area contributed by atoms with Crippen LogP contribution < -0.4 is 11.1 Å². The highest BCUT2D eigenvalue weighted by Gasteiger charge is 2.16. The molecule has 0 aliphatic heterocycles. The molecular formula is C11H25N3O2.